The largest absolute Gasteiger partial charge is 0.394 e. The minimum Gasteiger partial charge on any atom is -0.394 e. The number of carbonyl (C=O) groups is 1. The van der Waals surface area contributed by atoms with Gasteiger partial charge in [0, 0.05) is 11.8 Å². The predicted octanol–water partition coefficient (Wildman–Crippen LogP) is -0.691. The zero-order valence-electron chi connectivity index (χ0n) is 5.96. The lowest BCUT2D eigenvalue weighted by atomic mass is 10.2. The minimum absolute atomic E-state index is 0.0661. The summed E-state index contributed by atoms with van der Waals surface area (Å²) in [5.74, 6) is -0.271. The Morgan fingerprint density at radius 3 is 2.82 bits per heavy atom. The molecule has 1 saturated heterocycles. The third kappa shape index (κ3) is 0.788. The molecule has 2 aliphatic rings. The van der Waals surface area contributed by atoms with Crippen molar-refractivity contribution < 1.29 is 14.3 Å². The van der Waals surface area contributed by atoms with Crippen molar-refractivity contribution in [2.45, 2.75) is 6.04 Å². The Balaban J connectivity index is 2.06. The highest BCUT2D eigenvalue weighted by molar-refractivity contribution is 5.85. The number of amides is 1. The van der Waals surface area contributed by atoms with Crippen LogP contribution in [0.4, 0.5) is 4.39 Å². The molecule has 0 aromatic heterocycles. The number of aliphatic hydroxyl groups excluding tert-OH is 1. The molecule has 2 rings (SSSR count). The maximum absolute atomic E-state index is 12.1. The van der Waals surface area contributed by atoms with Crippen LogP contribution in [0.25, 0.3) is 0 Å². The van der Waals surface area contributed by atoms with Crippen molar-refractivity contribution in [1.82, 2.24) is 5.32 Å². The normalized spacial score (nSPS) is 46.9. The molecule has 1 heterocycles. The molecule has 2 N–H and O–H groups in total. The Hall–Kier alpha value is -0.640. The Kier molecular flexibility index (Phi) is 1.39. The first-order valence-electron chi connectivity index (χ1n) is 3.76. The molecule has 1 aliphatic carbocycles. The number of alkyl halides is 1. The van der Waals surface area contributed by atoms with Gasteiger partial charge in [0.15, 0.2) is 0 Å². The van der Waals surface area contributed by atoms with Gasteiger partial charge in [-0.25, -0.2) is 0 Å². The van der Waals surface area contributed by atoms with Crippen molar-refractivity contribution in [3.63, 3.8) is 0 Å². The summed E-state index contributed by atoms with van der Waals surface area (Å²) in [7, 11) is 0. The Labute approximate surface area is 63.6 Å². The van der Waals surface area contributed by atoms with Crippen LogP contribution in [0, 0.1) is 17.8 Å². The van der Waals surface area contributed by atoms with Crippen LogP contribution in [0.2, 0.25) is 0 Å². The van der Waals surface area contributed by atoms with E-state index in [1.165, 1.54) is 0 Å². The van der Waals surface area contributed by atoms with Gasteiger partial charge in [-0.3, -0.25) is 9.18 Å². The van der Waals surface area contributed by atoms with E-state index in [9.17, 15) is 9.18 Å². The van der Waals surface area contributed by atoms with Gasteiger partial charge in [0.1, 0.15) is 0 Å². The first kappa shape index (κ1) is 7.03. The highest BCUT2D eigenvalue weighted by Crippen LogP contribution is 2.52. The number of carbonyl (C=O) groups excluding carboxylic acids is 1. The van der Waals surface area contributed by atoms with E-state index in [0.29, 0.717) is 0 Å². The number of rotatable bonds is 2. The number of fused-ring (bicyclic) bond motifs is 1. The van der Waals surface area contributed by atoms with Crippen LogP contribution in [-0.2, 0) is 4.79 Å². The summed E-state index contributed by atoms with van der Waals surface area (Å²) in [6.07, 6.45) is 0. The molecule has 2 fully saturated rings. The lowest BCUT2D eigenvalue weighted by Gasteiger charge is -2.10. The van der Waals surface area contributed by atoms with Crippen molar-refractivity contribution in [3.05, 3.63) is 0 Å². The van der Waals surface area contributed by atoms with Crippen LogP contribution in [0.3, 0.4) is 0 Å². The molecular weight excluding hydrogens is 149 g/mol. The number of halogens is 1. The third-order valence-corrected chi connectivity index (χ3v) is 2.70. The van der Waals surface area contributed by atoms with Crippen molar-refractivity contribution in [1.29, 1.82) is 0 Å². The van der Waals surface area contributed by atoms with E-state index >= 15 is 0 Å². The number of nitrogens with one attached hydrogen (secondary N) is 1. The number of aliphatic hydroxyl groups is 1. The highest BCUT2D eigenvalue weighted by Gasteiger charge is 2.62. The molecule has 3 nitrogen and oxygen atoms in total. The Bertz CT molecular complexity index is 197. The molecule has 0 aromatic rings. The summed E-state index contributed by atoms with van der Waals surface area (Å²) in [6.45, 7) is -0.497. The fraction of sp³-hybridized carbons (Fsp3) is 0.857. The van der Waals surface area contributed by atoms with Gasteiger partial charge < -0.3 is 10.4 Å². The van der Waals surface area contributed by atoms with Gasteiger partial charge in [-0.05, 0) is 5.92 Å². The van der Waals surface area contributed by atoms with Gasteiger partial charge >= 0.3 is 0 Å². The topological polar surface area (TPSA) is 49.3 Å². The summed E-state index contributed by atoms with van der Waals surface area (Å²) >= 11 is 0. The molecule has 1 aliphatic heterocycles. The van der Waals surface area contributed by atoms with Gasteiger partial charge in [-0.15, -0.1) is 0 Å². The molecule has 4 heteroatoms. The number of piperidine rings is 1. The van der Waals surface area contributed by atoms with E-state index in [-0.39, 0.29) is 36.3 Å². The van der Waals surface area contributed by atoms with Gasteiger partial charge in [-0.2, -0.15) is 0 Å². The van der Waals surface area contributed by atoms with Crippen LogP contribution in [0.1, 0.15) is 0 Å². The van der Waals surface area contributed by atoms with Crippen LogP contribution in [-0.4, -0.2) is 30.3 Å². The zero-order chi connectivity index (χ0) is 8.01. The van der Waals surface area contributed by atoms with Crippen LogP contribution in [0.5, 0.6) is 0 Å². The van der Waals surface area contributed by atoms with E-state index in [0.717, 1.165) is 0 Å². The quantitative estimate of drug-likeness (QED) is 0.560. The molecule has 0 spiro atoms. The van der Waals surface area contributed by atoms with Gasteiger partial charge in [0.2, 0.25) is 5.91 Å². The molecule has 1 amide bonds. The van der Waals surface area contributed by atoms with Crippen LogP contribution < -0.4 is 5.32 Å². The zero-order valence-corrected chi connectivity index (χ0v) is 5.96. The van der Waals surface area contributed by atoms with Crippen molar-refractivity contribution >= 4 is 5.91 Å². The predicted molar refractivity (Wildman–Crippen MR) is 35.5 cm³/mol. The van der Waals surface area contributed by atoms with Crippen LogP contribution >= 0.6 is 0 Å². The average Bonchev–Trinajstić information content (AvgIpc) is 2.65. The first-order valence-corrected chi connectivity index (χ1v) is 3.76. The summed E-state index contributed by atoms with van der Waals surface area (Å²) < 4.78 is 12.1. The molecule has 0 radical (unpaired) electrons. The molecular formula is C7H10FNO2. The van der Waals surface area contributed by atoms with Crippen molar-refractivity contribution in [2.75, 3.05) is 13.3 Å². The summed E-state index contributed by atoms with van der Waals surface area (Å²) in [5, 5.41) is 11.4. The van der Waals surface area contributed by atoms with E-state index in [2.05, 4.69) is 5.32 Å². The van der Waals surface area contributed by atoms with E-state index < -0.39 is 6.67 Å². The van der Waals surface area contributed by atoms with E-state index in [4.69, 9.17) is 5.11 Å². The second kappa shape index (κ2) is 2.17. The molecule has 0 bridgehead atoms. The van der Waals surface area contributed by atoms with Crippen LogP contribution in [0.15, 0.2) is 0 Å². The molecule has 4 atom stereocenters. The first-order chi connectivity index (χ1) is 5.29. The third-order valence-electron chi connectivity index (χ3n) is 2.70. The molecule has 0 aromatic carbocycles. The monoisotopic (exact) mass is 159 g/mol. The molecule has 62 valence electrons. The van der Waals surface area contributed by atoms with Gasteiger partial charge in [0.25, 0.3) is 0 Å². The van der Waals surface area contributed by atoms with Crippen molar-refractivity contribution in [3.8, 4) is 0 Å². The Morgan fingerprint density at radius 2 is 2.36 bits per heavy atom. The van der Waals surface area contributed by atoms with E-state index in [1.807, 2.05) is 0 Å². The second-order valence-electron chi connectivity index (χ2n) is 3.22. The van der Waals surface area contributed by atoms with Crippen molar-refractivity contribution in [2.24, 2.45) is 17.8 Å². The SMILES string of the molecule is O=C1N[C@H](CO)[C@H]2[C@@H](CF)[C@@H]12. The fourth-order valence-corrected chi connectivity index (χ4v) is 2.06. The standard InChI is InChI=1S/C7H10FNO2/c8-1-3-5-4(2-10)9-7(11)6(3)5/h3-6,10H,1-2H2,(H,9,11)/t3-,4-,5-,6-/m1/s1. The summed E-state index contributed by atoms with van der Waals surface area (Å²) in [4.78, 5) is 11.0. The molecule has 1 saturated carbocycles. The maximum atomic E-state index is 12.1. The smallest absolute Gasteiger partial charge is 0.224 e. The average molecular weight is 159 g/mol. The second-order valence-corrected chi connectivity index (χ2v) is 3.22. The summed E-state index contributed by atoms with van der Waals surface area (Å²) in [6, 6.07) is -0.187. The van der Waals surface area contributed by atoms with Gasteiger partial charge in [0.05, 0.1) is 19.3 Å². The molecule has 11 heavy (non-hydrogen) atoms. The minimum atomic E-state index is -0.431. The Morgan fingerprint density at radius 1 is 1.64 bits per heavy atom. The number of hydrogen-bond acceptors (Lipinski definition) is 2. The lowest BCUT2D eigenvalue weighted by molar-refractivity contribution is -0.121. The molecule has 0 unspecified atom stereocenters. The van der Waals surface area contributed by atoms with E-state index in [1.54, 1.807) is 0 Å². The van der Waals surface area contributed by atoms with Gasteiger partial charge in [-0.1, -0.05) is 0 Å². The lowest BCUT2D eigenvalue weighted by Crippen LogP contribution is -2.35. The highest BCUT2D eigenvalue weighted by atomic mass is 19.1. The fourth-order valence-electron chi connectivity index (χ4n) is 2.06. The summed E-state index contributed by atoms with van der Waals surface area (Å²) in [5.41, 5.74) is 0. The number of hydrogen-bond donors (Lipinski definition) is 2. The maximum Gasteiger partial charge on any atom is 0.224 e.